The van der Waals surface area contributed by atoms with Gasteiger partial charge in [0, 0.05) is 18.7 Å². The topological polar surface area (TPSA) is 66.5 Å². The third-order valence-electron chi connectivity index (χ3n) is 4.98. The summed E-state index contributed by atoms with van der Waals surface area (Å²) >= 11 is 0. The van der Waals surface area contributed by atoms with Gasteiger partial charge in [0.25, 0.3) is 5.91 Å². The van der Waals surface area contributed by atoms with Crippen molar-refractivity contribution in [3.63, 3.8) is 0 Å². The van der Waals surface area contributed by atoms with Crippen molar-refractivity contribution in [2.24, 2.45) is 0 Å². The predicted molar refractivity (Wildman–Crippen MR) is 119 cm³/mol. The van der Waals surface area contributed by atoms with Crippen LogP contribution in [-0.2, 0) is 10.0 Å². The molecule has 0 fully saturated rings. The fraction of sp³-hybridized carbons (Fsp3) is 0.208. The van der Waals surface area contributed by atoms with Crippen LogP contribution in [0, 0.1) is 0 Å². The molecule has 0 saturated heterocycles. The van der Waals surface area contributed by atoms with Gasteiger partial charge in [0.2, 0.25) is 10.0 Å². The van der Waals surface area contributed by atoms with Crippen molar-refractivity contribution in [2.75, 3.05) is 13.1 Å². The molecule has 5 nitrogen and oxygen atoms in total. The first-order valence-corrected chi connectivity index (χ1v) is 11.4. The molecule has 0 atom stereocenters. The highest BCUT2D eigenvalue weighted by molar-refractivity contribution is 7.89. The van der Waals surface area contributed by atoms with E-state index in [4.69, 9.17) is 0 Å². The molecule has 0 radical (unpaired) electrons. The zero-order chi connectivity index (χ0) is 21.6. The second-order valence-corrected chi connectivity index (χ2v) is 8.78. The lowest BCUT2D eigenvalue weighted by Gasteiger charge is -2.21. The molecule has 0 aliphatic carbocycles. The first-order valence-electron chi connectivity index (χ1n) is 9.98. The molecule has 3 aromatic rings. The van der Waals surface area contributed by atoms with Gasteiger partial charge in [0.1, 0.15) is 0 Å². The molecule has 156 valence electrons. The number of nitrogens with one attached hydrogen (secondary N) is 1. The summed E-state index contributed by atoms with van der Waals surface area (Å²) in [5, 5.41) is 3.05. The minimum atomic E-state index is -3.64. The number of sulfonamides is 1. The Hall–Kier alpha value is -2.96. The van der Waals surface area contributed by atoms with Crippen LogP contribution in [0.4, 0.5) is 0 Å². The average molecular weight is 423 g/mol. The number of rotatable bonds is 8. The quantitative estimate of drug-likeness (QED) is 0.591. The first-order chi connectivity index (χ1) is 14.5. The highest BCUT2D eigenvalue weighted by Gasteiger charge is 2.23. The van der Waals surface area contributed by atoms with E-state index in [9.17, 15) is 13.2 Å². The van der Waals surface area contributed by atoms with Gasteiger partial charge in [-0.3, -0.25) is 4.79 Å². The number of hydrogen-bond acceptors (Lipinski definition) is 3. The van der Waals surface area contributed by atoms with Crippen molar-refractivity contribution in [2.45, 2.75) is 24.8 Å². The van der Waals surface area contributed by atoms with Gasteiger partial charge in [-0.05, 0) is 29.3 Å². The maximum atomic E-state index is 13.1. The monoisotopic (exact) mass is 422 g/mol. The van der Waals surface area contributed by atoms with Crippen LogP contribution in [0.2, 0.25) is 0 Å². The van der Waals surface area contributed by atoms with Gasteiger partial charge in [-0.2, -0.15) is 4.31 Å². The van der Waals surface area contributed by atoms with Crippen molar-refractivity contribution in [1.29, 1.82) is 0 Å². The number of carbonyl (C=O) groups excluding carboxylic acids is 1. The van der Waals surface area contributed by atoms with Crippen LogP contribution >= 0.6 is 0 Å². The Kier molecular flexibility index (Phi) is 7.03. The maximum absolute atomic E-state index is 13.1. The van der Waals surface area contributed by atoms with Crippen LogP contribution in [0.15, 0.2) is 89.8 Å². The van der Waals surface area contributed by atoms with Crippen LogP contribution in [0.3, 0.4) is 0 Å². The summed E-state index contributed by atoms with van der Waals surface area (Å²) in [6.45, 7) is 4.34. The minimum absolute atomic E-state index is 0.120. The van der Waals surface area contributed by atoms with E-state index in [1.165, 1.54) is 16.4 Å². The Morgan fingerprint density at radius 3 is 1.87 bits per heavy atom. The molecular weight excluding hydrogens is 396 g/mol. The van der Waals surface area contributed by atoms with E-state index >= 15 is 0 Å². The zero-order valence-corrected chi connectivity index (χ0v) is 18.0. The zero-order valence-electron chi connectivity index (χ0n) is 17.2. The lowest BCUT2D eigenvalue weighted by molar-refractivity contribution is 0.0942. The molecule has 0 aromatic heterocycles. The molecule has 0 unspecified atom stereocenters. The highest BCUT2D eigenvalue weighted by atomic mass is 32.2. The average Bonchev–Trinajstić information content (AvgIpc) is 2.79. The van der Waals surface area contributed by atoms with E-state index in [0.717, 1.165) is 11.1 Å². The van der Waals surface area contributed by atoms with Crippen LogP contribution in [0.25, 0.3) is 0 Å². The molecule has 0 aliphatic heterocycles. The fourth-order valence-corrected chi connectivity index (χ4v) is 4.88. The first kappa shape index (κ1) is 21.7. The lowest BCUT2D eigenvalue weighted by Crippen LogP contribution is -2.31. The number of nitrogens with zero attached hydrogens (tertiary/aromatic N) is 1. The van der Waals surface area contributed by atoms with E-state index in [1.807, 2.05) is 60.7 Å². The second-order valence-electron chi connectivity index (χ2n) is 6.85. The molecule has 0 bridgehead atoms. The van der Waals surface area contributed by atoms with E-state index in [0.29, 0.717) is 18.7 Å². The molecule has 30 heavy (non-hydrogen) atoms. The molecule has 1 N–H and O–H groups in total. The highest BCUT2D eigenvalue weighted by Crippen LogP contribution is 2.23. The minimum Gasteiger partial charge on any atom is -0.341 e. The van der Waals surface area contributed by atoms with Gasteiger partial charge in [-0.1, -0.05) is 80.6 Å². The lowest BCUT2D eigenvalue weighted by atomic mass is 9.98. The van der Waals surface area contributed by atoms with Crippen molar-refractivity contribution in [3.05, 3.63) is 102 Å². The van der Waals surface area contributed by atoms with Gasteiger partial charge in [-0.25, -0.2) is 8.42 Å². The molecule has 0 heterocycles. The maximum Gasteiger partial charge on any atom is 0.252 e. The Labute approximate surface area is 178 Å². The molecule has 0 aliphatic rings. The number of hydrogen-bond donors (Lipinski definition) is 1. The molecule has 0 saturated carbocycles. The number of carbonyl (C=O) groups is 1. The van der Waals surface area contributed by atoms with Crippen LogP contribution in [-0.4, -0.2) is 31.7 Å². The van der Waals surface area contributed by atoms with E-state index < -0.39 is 10.0 Å². The summed E-state index contributed by atoms with van der Waals surface area (Å²) in [6.07, 6.45) is 0. The van der Waals surface area contributed by atoms with Crippen LogP contribution in [0.5, 0.6) is 0 Å². The van der Waals surface area contributed by atoms with Gasteiger partial charge >= 0.3 is 0 Å². The third-order valence-corrected chi connectivity index (χ3v) is 7.03. The molecular formula is C24H26N2O3S. The van der Waals surface area contributed by atoms with Crippen molar-refractivity contribution >= 4 is 15.9 Å². The van der Waals surface area contributed by atoms with Gasteiger partial charge in [0.05, 0.1) is 10.9 Å². The summed E-state index contributed by atoms with van der Waals surface area (Å²) in [4.78, 5) is 13.2. The fourth-order valence-electron chi connectivity index (χ4n) is 3.37. The third kappa shape index (κ3) is 4.78. The van der Waals surface area contributed by atoms with Gasteiger partial charge in [0.15, 0.2) is 0 Å². The predicted octanol–water partition coefficient (Wildman–Crippen LogP) is 4.24. The summed E-state index contributed by atoms with van der Waals surface area (Å²) in [6, 6.07) is 25.2. The summed E-state index contributed by atoms with van der Waals surface area (Å²) in [7, 11) is -3.64. The van der Waals surface area contributed by atoms with Crippen molar-refractivity contribution in [3.8, 4) is 0 Å². The van der Waals surface area contributed by atoms with Crippen molar-refractivity contribution in [1.82, 2.24) is 9.62 Å². The Bertz CT molecular complexity index is 1040. The van der Waals surface area contributed by atoms with E-state index in [1.54, 1.807) is 26.0 Å². The molecule has 3 rings (SSSR count). The molecule has 3 aromatic carbocycles. The molecule has 0 spiro atoms. The normalized spacial score (nSPS) is 11.6. The second kappa shape index (κ2) is 9.69. The summed E-state index contributed by atoms with van der Waals surface area (Å²) in [5.74, 6) is -0.329. The van der Waals surface area contributed by atoms with Crippen molar-refractivity contribution < 1.29 is 13.2 Å². The van der Waals surface area contributed by atoms with Gasteiger partial charge in [-0.15, -0.1) is 0 Å². The molecule has 6 heteroatoms. The van der Waals surface area contributed by atoms with Crippen LogP contribution < -0.4 is 5.32 Å². The summed E-state index contributed by atoms with van der Waals surface area (Å²) < 4.78 is 27.0. The van der Waals surface area contributed by atoms with E-state index in [2.05, 4.69) is 5.32 Å². The smallest absolute Gasteiger partial charge is 0.252 e. The SMILES string of the molecule is CCN(CC)S(=O)(=O)c1cccc(C(=O)NC(c2ccccc2)c2ccccc2)c1. The Morgan fingerprint density at radius 2 is 1.37 bits per heavy atom. The number of amides is 1. The molecule has 1 amide bonds. The van der Waals surface area contributed by atoms with Gasteiger partial charge < -0.3 is 5.32 Å². The standard InChI is InChI=1S/C24H26N2O3S/c1-3-26(4-2)30(28,29)22-17-11-16-21(18-22)24(27)25-23(19-12-7-5-8-13-19)20-14-9-6-10-15-20/h5-18,23H,3-4H2,1-2H3,(H,25,27). The van der Waals surface area contributed by atoms with E-state index in [-0.39, 0.29) is 16.8 Å². The Morgan fingerprint density at radius 1 is 0.833 bits per heavy atom. The Balaban J connectivity index is 1.92. The van der Waals surface area contributed by atoms with Crippen LogP contribution in [0.1, 0.15) is 41.4 Å². The number of benzene rings is 3. The largest absolute Gasteiger partial charge is 0.341 e. The summed E-state index contributed by atoms with van der Waals surface area (Å²) in [5.41, 5.74) is 2.20.